The van der Waals surface area contributed by atoms with Gasteiger partial charge in [-0.1, -0.05) is 6.07 Å². The quantitative estimate of drug-likeness (QED) is 0.880. The van der Waals surface area contributed by atoms with Gasteiger partial charge >= 0.3 is 0 Å². The third kappa shape index (κ3) is 1.94. The van der Waals surface area contributed by atoms with Gasteiger partial charge in [-0.15, -0.1) is 0 Å². The summed E-state index contributed by atoms with van der Waals surface area (Å²) in [6.07, 6.45) is 1.25. The molecule has 0 radical (unpaired) electrons. The van der Waals surface area contributed by atoms with E-state index in [4.69, 9.17) is 4.74 Å². The van der Waals surface area contributed by atoms with Crippen LogP contribution in [0.3, 0.4) is 0 Å². The van der Waals surface area contributed by atoms with E-state index in [0.717, 1.165) is 23.7 Å². The Morgan fingerprint density at radius 1 is 1.23 bits per heavy atom. The van der Waals surface area contributed by atoms with Gasteiger partial charge in [0.05, 0.1) is 18.9 Å². The van der Waals surface area contributed by atoms with Gasteiger partial charge in [-0.3, -0.25) is 4.79 Å². The Morgan fingerprint density at radius 3 is 2.91 bits per heavy atom. The Bertz CT molecular complexity index is 746. The van der Waals surface area contributed by atoms with Crippen LogP contribution in [-0.2, 0) is 24.2 Å². The van der Waals surface area contributed by atoms with Crippen LogP contribution in [0.4, 0.5) is 14.5 Å². The number of hydrogen-bond acceptors (Lipinski definition) is 2. The number of anilines is 1. The first-order valence-electron chi connectivity index (χ1n) is 7.22. The van der Waals surface area contributed by atoms with Crippen LogP contribution in [0.1, 0.15) is 27.3 Å². The molecular formula is C16H14F2N2O2. The second kappa shape index (κ2) is 4.91. The third-order valence-electron chi connectivity index (χ3n) is 4.25. The van der Waals surface area contributed by atoms with Crippen LogP contribution in [-0.4, -0.2) is 24.0 Å². The zero-order valence-electron chi connectivity index (χ0n) is 11.8. The SMILES string of the molecule is O=C(c1cc2c([nH]1)CCOC2)N1CCc2ccc(F)c(F)c21. The third-order valence-corrected chi connectivity index (χ3v) is 4.25. The fourth-order valence-corrected chi connectivity index (χ4v) is 3.13. The first-order chi connectivity index (χ1) is 10.6. The van der Waals surface area contributed by atoms with Crippen molar-refractivity contribution in [2.45, 2.75) is 19.4 Å². The summed E-state index contributed by atoms with van der Waals surface area (Å²) in [5, 5.41) is 0. The van der Waals surface area contributed by atoms with Gasteiger partial charge in [-0.25, -0.2) is 8.78 Å². The van der Waals surface area contributed by atoms with Crippen molar-refractivity contribution in [1.82, 2.24) is 4.98 Å². The number of H-pyrrole nitrogens is 1. The number of amides is 1. The van der Waals surface area contributed by atoms with Crippen molar-refractivity contribution in [3.05, 3.63) is 52.3 Å². The molecule has 0 atom stereocenters. The highest BCUT2D eigenvalue weighted by atomic mass is 19.2. The maximum Gasteiger partial charge on any atom is 0.274 e. The summed E-state index contributed by atoms with van der Waals surface area (Å²) in [6, 6.07) is 4.38. The number of carbonyl (C=O) groups excluding carboxylic acids is 1. The Hall–Kier alpha value is -2.21. The molecule has 0 saturated carbocycles. The molecule has 2 aliphatic rings. The summed E-state index contributed by atoms with van der Waals surface area (Å²) in [5.41, 5.74) is 3.05. The van der Waals surface area contributed by atoms with Crippen molar-refractivity contribution in [3.63, 3.8) is 0 Å². The Balaban J connectivity index is 1.71. The van der Waals surface area contributed by atoms with Gasteiger partial charge in [0.15, 0.2) is 11.6 Å². The summed E-state index contributed by atoms with van der Waals surface area (Å²) < 4.78 is 32.9. The molecular weight excluding hydrogens is 290 g/mol. The minimum absolute atomic E-state index is 0.0637. The molecule has 114 valence electrons. The Morgan fingerprint density at radius 2 is 2.09 bits per heavy atom. The zero-order chi connectivity index (χ0) is 15.3. The smallest absolute Gasteiger partial charge is 0.274 e. The zero-order valence-corrected chi connectivity index (χ0v) is 11.8. The highest BCUT2D eigenvalue weighted by Crippen LogP contribution is 2.33. The lowest BCUT2D eigenvalue weighted by atomic mass is 10.1. The predicted octanol–water partition coefficient (Wildman–Crippen LogP) is 2.57. The van der Waals surface area contributed by atoms with Gasteiger partial charge in [0, 0.05) is 18.7 Å². The number of nitrogens with zero attached hydrogens (tertiary/aromatic N) is 1. The average Bonchev–Trinajstić information content (AvgIpc) is 3.14. The second-order valence-electron chi connectivity index (χ2n) is 5.57. The number of nitrogens with one attached hydrogen (secondary N) is 1. The van der Waals surface area contributed by atoms with E-state index in [2.05, 4.69) is 4.98 Å². The topological polar surface area (TPSA) is 45.3 Å². The van der Waals surface area contributed by atoms with Crippen molar-refractivity contribution >= 4 is 11.6 Å². The van der Waals surface area contributed by atoms with Crippen molar-refractivity contribution in [2.75, 3.05) is 18.1 Å². The first kappa shape index (κ1) is 13.5. The summed E-state index contributed by atoms with van der Waals surface area (Å²) >= 11 is 0. The van der Waals surface area contributed by atoms with Gasteiger partial charge in [0.25, 0.3) is 5.91 Å². The number of aromatic amines is 1. The van der Waals surface area contributed by atoms with Crippen molar-refractivity contribution in [3.8, 4) is 0 Å². The van der Waals surface area contributed by atoms with Crippen molar-refractivity contribution in [1.29, 1.82) is 0 Å². The molecule has 0 aliphatic carbocycles. The number of carbonyl (C=O) groups is 1. The van der Waals surface area contributed by atoms with E-state index in [0.29, 0.717) is 37.4 Å². The number of aromatic nitrogens is 1. The van der Waals surface area contributed by atoms with Crippen LogP contribution in [0.2, 0.25) is 0 Å². The van der Waals surface area contributed by atoms with E-state index in [9.17, 15) is 13.6 Å². The highest BCUT2D eigenvalue weighted by molar-refractivity contribution is 6.06. The Kier molecular flexibility index (Phi) is 3.00. The number of hydrogen-bond donors (Lipinski definition) is 1. The van der Waals surface area contributed by atoms with Crippen LogP contribution in [0.5, 0.6) is 0 Å². The molecule has 0 saturated heterocycles. The van der Waals surface area contributed by atoms with Gasteiger partial charge in [0.2, 0.25) is 0 Å². The maximum atomic E-state index is 14.1. The second-order valence-corrected chi connectivity index (χ2v) is 5.57. The molecule has 1 aromatic heterocycles. The molecule has 6 heteroatoms. The average molecular weight is 304 g/mol. The van der Waals surface area contributed by atoms with E-state index in [-0.39, 0.29) is 11.6 Å². The maximum absolute atomic E-state index is 14.1. The standard InChI is InChI=1S/C16H14F2N2O2/c17-11-2-1-9-3-5-20(15(9)14(11)18)16(21)13-7-10-8-22-6-4-12(10)19-13/h1-2,7,19H,3-6,8H2. The minimum atomic E-state index is -0.956. The van der Waals surface area contributed by atoms with Gasteiger partial charge in [0.1, 0.15) is 5.69 Å². The van der Waals surface area contributed by atoms with Gasteiger partial charge < -0.3 is 14.6 Å². The van der Waals surface area contributed by atoms with E-state index in [1.54, 1.807) is 6.07 Å². The summed E-state index contributed by atoms with van der Waals surface area (Å²) in [4.78, 5) is 17.1. The molecule has 1 N–H and O–H groups in total. The predicted molar refractivity (Wildman–Crippen MR) is 75.9 cm³/mol. The molecule has 0 unspecified atom stereocenters. The van der Waals surface area contributed by atoms with Gasteiger partial charge in [-0.05, 0) is 29.7 Å². The summed E-state index contributed by atoms with van der Waals surface area (Å²) in [5.74, 6) is -2.22. The first-order valence-corrected chi connectivity index (χ1v) is 7.22. The lowest BCUT2D eigenvalue weighted by Crippen LogP contribution is -2.30. The molecule has 2 aliphatic heterocycles. The number of benzene rings is 1. The minimum Gasteiger partial charge on any atom is -0.376 e. The monoisotopic (exact) mass is 304 g/mol. The highest BCUT2D eigenvalue weighted by Gasteiger charge is 2.31. The molecule has 4 nitrogen and oxygen atoms in total. The molecule has 1 aromatic carbocycles. The van der Waals surface area contributed by atoms with Crippen LogP contribution in [0.25, 0.3) is 0 Å². The van der Waals surface area contributed by atoms with Crippen LogP contribution in [0.15, 0.2) is 18.2 Å². The summed E-state index contributed by atoms with van der Waals surface area (Å²) in [7, 11) is 0. The number of fused-ring (bicyclic) bond motifs is 2. The molecule has 0 bridgehead atoms. The van der Waals surface area contributed by atoms with E-state index in [1.807, 2.05) is 0 Å². The van der Waals surface area contributed by atoms with E-state index in [1.165, 1.54) is 11.0 Å². The lowest BCUT2D eigenvalue weighted by molar-refractivity contribution is 0.0984. The number of halogens is 2. The molecule has 22 heavy (non-hydrogen) atoms. The van der Waals surface area contributed by atoms with E-state index < -0.39 is 11.6 Å². The lowest BCUT2D eigenvalue weighted by Gasteiger charge is -2.17. The van der Waals surface area contributed by atoms with Crippen molar-refractivity contribution in [2.24, 2.45) is 0 Å². The summed E-state index contributed by atoms with van der Waals surface area (Å²) in [6.45, 7) is 1.45. The molecule has 2 aromatic rings. The van der Waals surface area contributed by atoms with Crippen LogP contribution >= 0.6 is 0 Å². The fraction of sp³-hybridized carbons (Fsp3) is 0.312. The molecule has 4 rings (SSSR count). The normalized spacial score (nSPS) is 16.5. The van der Waals surface area contributed by atoms with E-state index >= 15 is 0 Å². The molecule has 3 heterocycles. The fourth-order valence-electron chi connectivity index (χ4n) is 3.13. The molecule has 1 amide bonds. The molecule has 0 spiro atoms. The van der Waals surface area contributed by atoms with Gasteiger partial charge in [-0.2, -0.15) is 0 Å². The number of ether oxygens (including phenoxy) is 1. The number of rotatable bonds is 1. The largest absolute Gasteiger partial charge is 0.376 e. The van der Waals surface area contributed by atoms with Crippen LogP contribution in [0, 0.1) is 11.6 Å². The van der Waals surface area contributed by atoms with Crippen LogP contribution < -0.4 is 4.90 Å². The van der Waals surface area contributed by atoms with Crippen molar-refractivity contribution < 1.29 is 18.3 Å². The Labute approximate surface area is 125 Å². The molecule has 0 fully saturated rings.